The number of hydrogen-bond donors (Lipinski definition) is 1. The third-order valence-corrected chi connectivity index (χ3v) is 2.99. The largest absolute Gasteiger partial charge is 0.478 e. The molecule has 0 fully saturated rings. The van der Waals surface area contributed by atoms with Crippen LogP contribution in [0.15, 0.2) is 54.7 Å². The van der Waals surface area contributed by atoms with Crippen molar-refractivity contribution in [3.8, 4) is 0 Å². The first-order valence-corrected chi connectivity index (χ1v) is 5.97. The minimum Gasteiger partial charge on any atom is -0.478 e. The highest BCUT2D eigenvalue weighted by Gasteiger charge is 2.06. The fourth-order valence-electron chi connectivity index (χ4n) is 2.06. The van der Waals surface area contributed by atoms with E-state index in [2.05, 4.69) is 5.10 Å². The van der Waals surface area contributed by atoms with Crippen molar-refractivity contribution in [3.63, 3.8) is 0 Å². The molecule has 19 heavy (non-hydrogen) atoms. The smallest absolute Gasteiger partial charge is 0.335 e. The molecular weight excluding hydrogens is 240 g/mol. The molecule has 0 aliphatic carbocycles. The maximum atomic E-state index is 10.9. The first kappa shape index (κ1) is 11.5. The predicted octanol–water partition coefficient (Wildman–Crippen LogP) is 2.78. The van der Waals surface area contributed by atoms with Gasteiger partial charge in [-0.05, 0) is 23.8 Å². The van der Waals surface area contributed by atoms with Gasteiger partial charge in [0.15, 0.2) is 0 Å². The fraction of sp³-hybridized carbons (Fsp3) is 0.0667. The maximum absolute atomic E-state index is 10.9. The zero-order valence-electron chi connectivity index (χ0n) is 10.2. The first-order chi connectivity index (χ1) is 9.22. The molecule has 94 valence electrons. The number of aromatic carboxylic acids is 1. The standard InChI is InChI=1S/C15H12N2O2/c18-15(19)12-6-7-14-13(8-12)10-17(16-14)9-11-4-2-1-3-5-11/h1-8,10H,9H2,(H,18,19). The average Bonchev–Trinajstić information content (AvgIpc) is 2.80. The van der Waals surface area contributed by atoms with Gasteiger partial charge in [-0.25, -0.2) is 4.79 Å². The number of carboxylic acid groups (broad SMARTS) is 1. The van der Waals surface area contributed by atoms with Crippen molar-refractivity contribution in [1.82, 2.24) is 9.78 Å². The quantitative estimate of drug-likeness (QED) is 0.779. The van der Waals surface area contributed by atoms with Gasteiger partial charge in [-0.2, -0.15) is 5.10 Å². The zero-order chi connectivity index (χ0) is 13.2. The van der Waals surface area contributed by atoms with Crippen molar-refractivity contribution >= 4 is 16.9 Å². The van der Waals surface area contributed by atoms with Gasteiger partial charge >= 0.3 is 5.97 Å². The third-order valence-electron chi connectivity index (χ3n) is 2.99. The summed E-state index contributed by atoms with van der Waals surface area (Å²) >= 11 is 0. The molecule has 0 spiro atoms. The summed E-state index contributed by atoms with van der Waals surface area (Å²) in [6, 6.07) is 15.0. The van der Waals surface area contributed by atoms with Crippen LogP contribution in [0.1, 0.15) is 15.9 Å². The van der Waals surface area contributed by atoms with E-state index in [4.69, 9.17) is 5.11 Å². The fourth-order valence-corrected chi connectivity index (χ4v) is 2.06. The van der Waals surface area contributed by atoms with E-state index in [1.807, 2.05) is 41.2 Å². The summed E-state index contributed by atoms with van der Waals surface area (Å²) in [4.78, 5) is 10.9. The molecule has 0 amide bonds. The number of hydrogen-bond acceptors (Lipinski definition) is 2. The van der Waals surface area contributed by atoms with E-state index in [1.54, 1.807) is 18.2 Å². The van der Waals surface area contributed by atoms with Gasteiger partial charge in [-0.1, -0.05) is 30.3 Å². The Morgan fingerprint density at radius 2 is 1.95 bits per heavy atom. The van der Waals surface area contributed by atoms with Crippen LogP contribution < -0.4 is 0 Å². The highest BCUT2D eigenvalue weighted by Crippen LogP contribution is 2.15. The molecule has 0 aliphatic heterocycles. The molecule has 0 saturated heterocycles. The number of aromatic nitrogens is 2. The lowest BCUT2D eigenvalue weighted by Crippen LogP contribution is -1.99. The summed E-state index contributed by atoms with van der Waals surface area (Å²) in [6.07, 6.45) is 1.87. The summed E-state index contributed by atoms with van der Waals surface area (Å²) in [5.41, 5.74) is 2.25. The van der Waals surface area contributed by atoms with Crippen molar-refractivity contribution in [1.29, 1.82) is 0 Å². The Kier molecular flexibility index (Phi) is 2.76. The van der Waals surface area contributed by atoms with Crippen LogP contribution in [-0.2, 0) is 6.54 Å². The van der Waals surface area contributed by atoms with Crippen LogP contribution in [0.5, 0.6) is 0 Å². The molecule has 2 aromatic carbocycles. The number of benzene rings is 2. The second-order valence-corrected chi connectivity index (χ2v) is 4.39. The SMILES string of the molecule is O=C(O)c1ccc2nn(Cc3ccccc3)cc2c1. The number of fused-ring (bicyclic) bond motifs is 1. The van der Waals surface area contributed by atoms with Crippen molar-refractivity contribution in [2.24, 2.45) is 0 Å². The molecule has 0 radical (unpaired) electrons. The van der Waals surface area contributed by atoms with Crippen LogP contribution >= 0.6 is 0 Å². The lowest BCUT2D eigenvalue weighted by molar-refractivity contribution is 0.0697. The van der Waals surface area contributed by atoms with Gasteiger partial charge in [0.25, 0.3) is 0 Å². The van der Waals surface area contributed by atoms with Crippen LogP contribution in [0.2, 0.25) is 0 Å². The molecule has 3 aromatic rings. The molecular formula is C15H12N2O2. The van der Waals surface area contributed by atoms with Gasteiger partial charge in [0.2, 0.25) is 0 Å². The van der Waals surface area contributed by atoms with Gasteiger partial charge in [0.05, 0.1) is 17.6 Å². The van der Waals surface area contributed by atoms with Gasteiger partial charge in [-0.15, -0.1) is 0 Å². The molecule has 1 heterocycles. The highest BCUT2D eigenvalue weighted by atomic mass is 16.4. The van der Waals surface area contributed by atoms with Crippen molar-refractivity contribution in [2.45, 2.75) is 6.54 Å². The number of carboxylic acids is 1. The van der Waals surface area contributed by atoms with Gasteiger partial charge in [0.1, 0.15) is 0 Å². The first-order valence-electron chi connectivity index (χ1n) is 5.97. The lowest BCUT2D eigenvalue weighted by atomic mass is 10.2. The predicted molar refractivity (Wildman–Crippen MR) is 72.2 cm³/mol. The Morgan fingerprint density at radius 3 is 2.68 bits per heavy atom. The molecule has 0 atom stereocenters. The molecule has 3 rings (SSSR count). The molecule has 0 aliphatic rings. The maximum Gasteiger partial charge on any atom is 0.335 e. The molecule has 0 bridgehead atoms. The average molecular weight is 252 g/mol. The second-order valence-electron chi connectivity index (χ2n) is 4.39. The minimum absolute atomic E-state index is 0.284. The Balaban J connectivity index is 1.95. The van der Waals surface area contributed by atoms with Crippen LogP contribution in [0, 0.1) is 0 Å². The van der Waals surface area contributed by atoms with E-state index in [0.717, 1.165) is 16.5 Å². The summed E-state index contributed by atoms with van der Waals surface area (Å²) in [5, 5.41) is 14.2. The third kappa shape index (κ3) is 2.33. The van der Waals surface area contributed by atoms with Crippen molar-refractivity contribution < 1.29 is 9.90 Å². The topological polar surface area (TPSA) is 55.1 Å². The summed E-state index contributed by atoms with van der Waals surface area (Å²) < 4.78 is 1.83. The Bertz CT molecular complexity index is 732. The van der Waals surface area contributed by atoms with E-state index < -0.39 is 5.97 Å². The number of rotatable bonds is 3. The number of nitrogens with zero attached hydrogens (tertiary/aromatic N) is 2. The summed E-state index contributed by atoms with van der Waals surface area (Å²) in [7, 11) is 0. The lowest BCUT2D eigenvalue weighted by Gasteiger charge is -2.00. The minimum atomic E-state index is -0.919. The van der Waals surface area contributed by atoms with Crippen LogP contribution in [-0.4, -0.2) is 20.9 Å². The molecule has 1 aromatic heterocycles. The normalized spacial score (nSPS) is 10.7. The van der Waals surface area contributed by atoms with E-state index >= 15 is 0 Å². The monoisotopic (exact) mass is 252 g/mol. The summed E-state index contributed by atoms with van der Waals surface area (Å²) in [6.45, 7) is 0.678. The molecule has 1 N–H and O–H groups in total. The van der Waals surface area contributed by atoms with Crippen molar-refractivity contribution in [2.75, 3.05) is 0 Å². The van der Waals surface area contributed by atoms with Gasteiger partial charge in [0, 0.05) is 11.6 Å². The Labute approximate surface area is 109 Å². The highest BCUT2D eigenvalue weighted by molar-refractivity contribution is 5.93. The van der Waals surface area contributed by atoms with E-state index in [0.29, 0.717) is 6.54 Å². The van der Waals surface area contributed by atoms with E-state index in [1.165, 1.54) is 0 Å². The Hall–Kier alpha value is -2.62. The molecule has 0 saturated carbocycles. The van der Waals surface area contributed by atoms with E-state index in [9.17, 15) is 4.79 Å². The van der Waals surface area contributed by atoms with Crippen LogP contribution in [0.3, 0.4) is 0 Å². The summed E-state index contributed by atoms with van der Waals surface area (Å²) in [5.74, 6) is -0.919. The van der Waals surface area contributed by atoms with Crippen LogP contribution in [0.4, 0.5) is 0 Å². The second kappa shape index (κ2) is 4.57. The molecule has 0 unspecified atom stereocenters. The van der Waals surface area contributed by atoms with E-state index in [-0.39, 0.29) is 5.56 Å². The number of carbonyl (C=O) groups is 1. The zero-order valence-corrected chi connectivity index (χ0v) is 10.2. The van der Waals surface area contributed by atoms with Crippen LogP contribution in [0.25, 0.3) is 10.9 Å². The van der Waals surface area contributed by atoms with Gasteiger partial charge in [-0.3, -0.25) is 4.68 Å². The molecule has 4 nitrogen and oxygen atoms in total. The van der Waals surface area contributed by atoms with Crippen molar-refractivity contribution in [3.05, 3.63) is 65.9 Å². The molecule has 4 heteroatoms. The van der Waals surface area contributed by atoms with Gasteiger partial charge < -0.3 is 5.11 Å². The Morgan fingerprint density at radius 1 is 1.16 bits per heavy atom.